The highest BCUT2D eigenvalue weighted by molar-refractivity contribution is 5.87. The summed E-state index contributed by atoms with van der Waals surface area (Å²) in [6.45, 7) is 14.6. The predicted octanol–water partition coefficient (Wildman–Crippen LogP) is 13.3. The zero-order chi connectivity index (χ0) is 35.9. The van der Waals surface area contributed by atoms with E-state index in [0.29, 0.717) is 5.41 Å². The number of hydrogen-bond donors (Lipinski definition) is 0. The molecule has 2 nitrogen and oxygen atoms in total. The lowest BCUT2D eigenvalue weighted by molar-refractivity contribution is -0.235. The second-order valence-corrected chi connectivity index (χ2v) is 20.0. The first-order valence-electron chi connectivity index (χ1n) is 20.6. The Balaban J connectivity index is 1.08. The lowest BCUT2D eigenvalue weighted by Gasteiger charge is -2.77. The summed E-state index contributed by atoms with van der Waals surface area (Å²) in [4.78, 5) is 2.59. The van der Waals surface area contributed by atoms with E-state index in [1.807, 2.05) is 0 Å². The van der Waals surface area contributed by atoms with Crippen LogP contribution in [0.5, 0.6) is 11.5 Å². The zero-order valence-corrected chi connectivity index (χ0v) is 32.2. The summed E-state index contributed by atoms with van der Waals surface area (Å²) < 4.78 is 7.07. The SMILES string of the molecule is CC1(C)CCC(C)(C)c2c(N(c3ccc4c(c3)Oc3ccccc3C43C4CC5CC6CC3C64C5)c3ccc4c(c3)C(C)(C)c3ccccc3-4)cccc21. The molecule has 0 amide bonds. The lowest BCUT2D eigenvalue weighted by Crippen LogP contribution is -2.74. The number of fused-ring (bicyclic) bond motifs is 11. The van der Waals surface area contributed by atoms with Gasteiger partial charge >= 0.3 is 0 Å². The number of ether oxygens (including phenoxy) is 1. The molecule has 53 heavy (non-hydrogen) atoms. The van der Waals surface area contributed by atoms with Gasteiger partial charge in [-0.2, -0.15) is 0 Å². The number of nitrogens with zero attached hydrogens (tertiary/aromatic N) is 1. The van der Waals surface area contributed by atoms with E-state index < -0.39 is 0 Å². The summed E-state index contributed by atoms with van der Waals surface area (Å²) >= 11 is 0. The van der Waals surface area contributed by atoms with E-state index in [9.17, 15) is 0 Å². The Hall–Kier alpha value is -4.30. The smallest absolute Gasteiger partial charge is 0.133 e. The molecular formula is C51H51NO. The van der Waals surface area contributed by atoms with Crippen molar-refractivity contribution in [2.24, 2.45) is 29.1 Å². The van der Waals surface area contributed by atoms with E-state index in [0.717, 1.165) is 35.2 Å². The summed E-state index contributed by atoms with van der Waals surface area (Å²) in [6, 6.07) is 39.9. The Morgan fingerprint density at radius 1 is 0.566 bits per heavy atom. The van der Waals surface area contributed by atoms with E-state index in [1.54, 1.807) is 0 Å². The van der Waals surface area contributed by atoms with Crippen LogP contribution in [0.2, 0.25) is 0 Å². The lowest BCUT2D eigenvalue weighted by atomic mass is 9.26. The predicted molar refractivity (Wildman–Crippen MR) is 216 cm³/mol. The van der Waals surface area contributed by atoms with Crippen molar-refractivity contribution < 1.29 is 4.74 Å². The van der Waals surface area contributed by atoms with Gasteiger partial charge in [-0.25, -0.2) is 0 Å². The van der Waals surface area contributed by atoms with Gasteiger partial charge in [-0.1, -0.05) is 108 Å². The second kappa shape index (κ2) is 9.67. The molecule has 6 atom stereocenters. The van der Waals surface area contributed by atoms with Crippen LogP contribution in [0.4, 0.5) is 17.1 Å². The fourth-order valence-electron chi connectivity index (χ4n) is 14.4. The number of hydrogen-bond acceptors (Lipinski definition) is 2. The van der Waals surface area contributed by atoms with Crippen LogP contribution in [-0.2, 0) is 21.7 Å². The van der Waals surface area contributed by atoms with Gasteiger partial charge in [0.05, 0.1) is 5.69 Å². The first-order valence-corrected chi connectivity index (χ1v) is 20.6. The fourth-order valence-corrected chi connectivity index (χ4v) is 14.4. The van der Waals surface area contributed by atoms with Gasteiger partial charge in [0.15, 0.2) is 0 Å². The van der Waals surface area contributed by atoms with Crippen LogP contribution < -0.4 is 9.64 Å². The maximum absolute atomic E-state index is 7.07. The molecule has 0 N–H and O–H groups in total. The van der Waals surface area contributed by atoms with Gasteiger partial charge in [0, 0.05) is 39.4 Å². The summed E-state index contributed by atoms with van der Waals surface area (Å²) in [7, 11) is 0. The molecule has 2 spiro atoms. The maximum Gasteiger partial charge on any atom is 0.133 e. The van der Waals surface area contributed by atoms with Gasteiger partial charge in [-0.3, -0.25) is 0 Å². The summed E-state index contributed by atoms with van der Waals surface area (Å²) in [6.07, 6.45) is 8.11. The third kappa shape index (κ3) is 3.54. The van der Waals surface area contributed by atoms with Crippen molar-refractivity contribution in [1.82, 2.24) is 0 Å². The molecule has 0 radical (unpaired) electrons. The molecule has 12 rings (SSSR count). The molecule has 6 unspecified atom stereocenters. The highest BCUT2D eigenvalue weighted by Gasteiger charge is 2.84. The average Bonchev–Trinajstić information content (AvgIpc) is 3.76. The molecule has 1 aliphatic heterocycles. The van der Waals surface area contributed by atoms with Crippen LogP contribution in [0.15, 0.2) is 103 Å². The van der Waals surface area contributed by atoms with Gasteiger partial charge < -0.3 is 9.64 Å². The van der Waals surface area contributed by atoms with Crippen molar-refractivity contribution >= 4 is 17.1 Å². The zero-order valence-electron chi connectivity index (χ0n) is 32.2. The van der Waals surface area contributed by atoms with E-state index in [2.05, 4.69) is 150 Å². The highest BCUT2D eigenvalue weighted by Crippen LogP contribution is 2.89. The third-order valence-corrected chi connectivity index (χ3v) is 16.6. The fraction of sp³-hybridized carbons (Fsp3) is 0.412. The minimum absolute atomic E-state index is 0.0441. The van der Waals surface area contributed by atoms with Gasteiger partial charge in [0.2, 0.25) is 0 Å². The van der Waals surface area contributed by atoms with Crippen LogP contribution >= 0.6 is 0 Å². The molecule has 1 heterocycles. The van der Waals surface area contributed by atoms with Crippen molar-refractivity contribution in [1.29, 1.82) is 0 Å². The highest BCUT2D eigenvalue weighted by atomic mass is 16.5. The molecule has 4 saturated carbocycles. The molecule has 0 aromatic heterocycles. The molecule has 4 fully saturated rings. The van der Waals surface area contributed by atoms with Crippen molar-refractivity contribution in [3.05, 3.63) is 137 Å². The molecule has 0 saturated heterocycles. The van der Waals surface area contributed by atoms with Crippen LogP contribution in [0.1, 0.15) is 113 Å². The summed E-state index contributed by atoms with van der Waals surface area (Å²) in [5, 5.41) is 0. The number of anilines is 3. The van der Waals surface area contributed by atoms with Crippen LogP contribution in [-0.4, -0.2) is 0 Å². The first-order chi connectivity index (χ1) is 25.5. The minimum atomic E-state index is -0.0818. The largest absolute Gasteiger partial charge is 0.457 e. The van der Waals surface area contributed by atoms with Crippen LogP contribution in [0, 0.1) is 29.1 Å². The average molecular weight is 694 g/mol. The van der Waals surface area contributed by atoms with Crippen molar-refractivity contribution in [2.75, 3.05) is 4.90 Å². The Labute approximate surface area is 315 Å². The molecule has 266 valence electrons. The molecule has 5 aromatic rings. The molecule has 7 aliphatic rings. The van der Waals surface area contributed by atoms with Crippen molar-refractivity contribution in [2.45, 2.75) is 102 Å². The standard InChI is InChI=1S/C51H51NO/c1-47(2)22-23-48(3,4)46-39(47)15-11-16-41(46)52(32-18-20-35-34-12-7-8-13-36(34)49(5,6)40(35)27-32)33-19-21-38-43(28-33)53-42-17-10-9-14-37(42)51(38)44-25-30-24-31-26-45(51)50(31,44)29-30/h7-21,27-28,30-31,44-45H,22-26,29H2,1-6H3. The van der Waals surface area contributed by atoms with Gasteiger partial charge in [-0.15, -0.1) is 0 Å². The van der Waals surface area contributed by atoms with Gasteiger partial charge in [0.1, 0.15) is 11.5 Å². The molecule has 2 heteroatoms. The molecule has 5 aromatic carbocycles. The van der Waals surface area contributed by atoms with Gasteiger partial charge in [0.25, 0.3) is 0 Å². The normalized spacial score (nSPS) is 31.5. The number of para-hydroxylation sites is 1. The van der Waals surface area contributed by atoms with Crippen LogP contribution in [0.3, 0.4) is 0 Å². The Morgan fingerprint density at radius 3 is 2.09 bits per heavy atom. The van der Waals surface area contributed by atoms with Gasteiger partial charge in [-0.05, 0) is 142 Å². The van der Waals surface area contributed by atoms with Crippen molar-refractivity contribution in [3.8, 4) is 22.6 Å². The number of rotatable bonds is 3. The quantitative estimate of drug-likeness (QED) is 0.186. The van der Waals surface area contributed by atoms with Crippen LogP contribution in [0.25, 0.3) is 11.1 Å². The second-order valence-electron chi connectivity index (χ2n) is 20.0. The topological polar surface area (TPSA) is 12.5 Å². The third-order valence-electron chi connectivity index (χ3n) is 16.6. The Morgan fingerprint density at radius 2 is 1.25 bits per heavy atom. The van der Waals surface area contributed by atoms with E-state index >= 15 is 0 Å². The summed E-state index contributed by atoms with van der Waals surface area (Å²) in [5.41, 5.74) is 15.9. The van der Waals surface area contributed by atoms with E-state index in [4.69, 9.17) is 4.74 Å². The number of benzene rings is 5. The van der Waals surface area contributed by atoms with E-state index in [-0.39, 0.29) is 21.7 Å². The molecule has 2 bridgehead atoms. The first kappa shape index (κ1) is 31.1. The van der Waals surface area contributed by atoms with Crippen molar-refractivity contribution in [3.63, 3.8) is 0 Å². The summed E-state index contributed by atoms with van der Waals surface area (Å²) in [5.74, 6) is 5.53. The molecule has 6 aliphatic carbocycles. The monoisotopic (exact) mass is 693 g/mol. The minimum Gasteiger partial charge on any atom is -0.457 e. The Kier molecular flexibility index (Phi) is 5.67. The maximum atomic E-state index is 7.07. The Bertz CT molecular complexity index is 2430. The molecular weight excluding hydrogens is 643 g/mol. The van der Waals surface area contributed by atoms with E-state index in [1.165, 1.54) is 100 Å².